The van der Waals surface area contributed by atoms with Gasteiger partial charge >= 0.3 is 0 Å². The first-order chi connectivity index (χ1) is 9.74. The third kappa shape index (κ3) is 4.05. The average molecular weight is 277 g/mol. The molecule has 1 saturated carbocycles. The summed E-state index contributed by atoms with van der Waals surface area (Å²) in [6.07, 6.45) is 6.56. The molecule has 0 bridgehead atoms. The fraction of sp³-hybridized carbons (Fsp3) is 0.667. The van der Waals surface area contributed by atoms with E-state index in [9.17, 15) is 4.39 Å². The lowest BCUT2D eigenvalue weighted by Gasteiger charge is -2.37. The Morgan fingerprint density at radius 2 is 1.90 bits per heavy atom. The molecule has 3 unspecified atom stereocenters. The molecule has 0 amide bonds. The van der Waals surface area contributed by atoms with Gasteiger partial charge in [-0.3, -0.25) is 0 Å². The first-order valence-electron chi connectivity index (χ1n) is 8.20. The summed E-state index contributed by atoms with van der Waals surface area (Å²) in [4.78, 5) is 0. The van der Waals surface area contributed by atoms with Crippen molar-refractivity contribution in [3.8, 4) is 0 Å². The molecule has 1 fully saturated rings. The van der Waals surface area contributed by atoms with Gasteiger partial charge in [0.2, 0.25) is 0 Å². The molecule has 3 atom stereocenters. The van der Waals surface area contributed by atoms with Crippen LogP contribution in [0.2, 0.25) is 0 Å². The zero-order valence-electron chi connectivity index (χ0n) is 12.9. The van der Waals surface area contributed by atoms with E-state index in [2.05, 4.69) is 19.2 Å². The van der Waals surface area contributed by atoms with Crippen molar-refractivity contribution in [3.63, 3.8) is 0 Å². The van der Waals surface area contributed by atoms with E-state index < -0.39 is 0 Å². The predicted octanol–water partition coefficient (Wildman–Crippen LogP) is 4.74. The molecule has 20 heavy (non-hydrogen) atoms. The molecule has 1 aromatic carbocycles. The number of hydrogen-bond donors (Lipinski definition) is 1. The smallest absolute Gasteiger partial charge is 0.123 e. The lowest BCUT2D eigenvalue weighted by molar-refractivity contribution is 0.221. The summed E-state index contributed by atoms with van der Waals surface area (Å²) in [5.41, 5.74) is 1.33. The van der Waals surface area contributed by atoms with E-state index in [1.165, 1.54) is 37.7 Å². The van der Waals surface area contributed by atoms with Crippen molar-refractivity contribution in [2.45, 2.75) is 51.9 Å². The second-order valence-electron chi connectivity index (χ2n) is 6.19. The van der Waals surface area contributed by atoms with Crippen molar-refractivity contribution in [2.24, 2.45) is 11.8 Å². The maximum Gasteiger partial charge on any atom is 0.123 e. The van der Waals surface area contributed by atoms with Gasteiger partial charge in [-0.25, -0.2) is 4.39 Å². The quantitative estimate of drug-likeness (QED) is 0.792. The molecule has 0 saturated heterocycles. The highest BCUT2D eigenvalue weighted by atomic mass is 19.1. The van der Waals surface area contributed by atoms with Crippen LogP contribution in [0.1, 0.15) is 57.4 Å². The molecule has 1 N–H and O–H groups in total. The van der Waals surface area contributed by atoms with Gasteiger partial charge in [-0.1, -0.05) is 45.2 Å². The van der Waals surface area contributed by atoms with Crippen LogP contribution in [0.5, 0.6) is 0 Å². The maximum absolute atomic E-state index is 13.1. The van der Waals surface area contributed by atoms with Crippen LogP contribution in [0.25, 0.3) is 0 Å². The van der Waals surface area contributed by atoms with Gasteiger partial charge in [0.15, 0.2) is 0 Å². The van der Waals surface area contributed by atoms with E-state index in [1.54, 1.807) is 12.1 Å². The lowest BCUT2D eigenvalue weighted by Crippen LogP contribution is -2.32. The molecule has 0 aromatic heterocycles. The molecule has 1 aromatic rings. The summed E-state index contributed by atoms with van der Waals surface area (Å²) in [5, 5.41) is 3.50. The van der Waals surface area contributed by atoms with Crippen LogP contribution in [-0.4, -0.2) is 13.1 Å². The summed E-state index contributed by atoms with van der Waals surface area (Å²) in [5.74, 6) is 2.03. The van der Waals surface area contributed by atoms with Crippen molar-refractivity contribution in [2.75, 3.05) is 13.1 Å². The molecule has 0 aliphatic heterocycles. The summed E-state index contributed by atoms with van der Waals surface area (Å²) in [6.45, 7) is 6.57. The summed E-state index contributed by atoms with van der Waals surface area (Å²) >= 11 is 0. The van der Waals surface area contributed by atoms with Crippen molar-refractivity contribution >= 4 is 0 Å². The molecule has 2 heteroatoms. The van der Waals surface area contributed by atoms with Gasteiger partial charge in [-0.2, -0.15) is 0 Å². The Morgan fingerprint density at radius 3 is 2.55 bits per heavy atom. The second-order valence-corrected chi connectivity index (χ2v) is 6.19. The fourth-order valence-electron chi connectivity index (χ4n) is 3.68. The molecule has 0 heterocycles. The Bertz CT molecular complexity index is 387. The van der Waals surface area contributed by atoms with Crippen LogP contribution >= 0.6 is 0 Å². The number of benzene rings is 1. The third-order valence-corrected chi connectivity index (χ3v) is 4.75. The molecular formula is C18H28FN. The first-order valence-corrected chi connectivity index (χ1v) is 8.20. The fourth-order valence-corrected chi connectivity index (χ4v) is 3.68. The lowest BCUT2D eigenvalue weighted by atomic mass is 9.70. The Morgan fingerprint density at radius 1 is 1.15 bits per heavy atom. The van der Waals surface area contributed by atoms with Crippen LogP contribution in [0.15, 0.2) is 24.3 Å². The summed E-state index contributed by atoms with van der Waals surface area (Å²) in [7, 11) is 0. The molecule has 0 spiro atoms. The highest BCUT2D eigenvalue weighted by Gasteiger charge is 2.30. The van der Waals surface area contributed by atoms with Gasteiger partial charge in [0, 0.05) is 0 Å². The average Bonchev–Trinajstić information content (AvgIpc) is 2.47. The molecule has 1 nitrogen and oxygen atoms in total. The van der Waals surface area contributed by atoms with E-state index in [1.807, 2.05) is 12.1 Å². The number of nitrogens with one attached hydrogen (secondary N) is 1. The normalized spacial score (nSPS) is 26.6. The molecule has 1 aliphatic carbocycles. The maximum atomic E-state index is 13.1. The molecule has 112 valence electrons. The zero-order chi connectivity index (χ0) is 14.4. The highest BCUT2D eigenvalue weighted by molar-refractivity contribution is 5.22. The van der Waals surface area contributed by atoms with Crippen molar-refractivity contribution < 1.29 is 4.39 Å². The van der Waals surface area contributed by atoms with Gasteiger partial charge in [-0.15, -0.1) is 0 Å². The van der Waals surface area contributed by atoms with Gasteiger partial charge in [-0.05, 0) is 61.4 Å². The van der Waals surface area contributed by atoms with Crippen LogP contribution in [0, 0.1) is 17.7 Å². The van der Waals surface area contributed by atoms with Crippen molar-refractivity contribution in [1.82, 2.24) is 5.32 Å². The van der Waals surface area contributed by atoms with Gasteiger partial charge in [0.1, 0.15) is 5.82 Å². The minimum Gasteiger partial charge on any atom is -0.317 e. The second kappa shape index (κ2) is 7.78. The van der Waals surface area contributed by atoms with Gasteiger partial charge in [0.25, 0.3) is 0 Å². The van der Waals surface area contributed by atoms with Crippen LogP contribution < -0.4 is 5.32 Å². The van der Waals surface area contributed by atoms with E-state index in [-0.39, 0.29) is 5.82 Å². The Balaban J connectivity index is 2.10. The van der Waals surface area contributed by atoms with Gasteiger partial charge in [0.05, 0.1) is 0 Å². The Hall–Kier alpha value is -0.890. The molecule has 2 rings (SSSR count). The van der Waals surface area contributed by atoms with Crippen LogP contribution in [0.4, 0.5) is 4.39 Å². The number of halogens is 1. The largest absolute Gasteiger partial charge is 0.317 e. The Labute approximate surface area is 123 Å². The first kappa shape index (κ1) is 15.5. The van der Waals surface area contributed by atoms with Gasteiger partial charge < -0.3 is 5.32 Å². The Kier molecular flexibility index (Phi) is 6.03. The van der Waals surface area contributed by atoms with E-state index in [0.29, 0.717) is 11.8 Å². The van der Waals surface area contributed by atoms with E-state index >= 15 is 0 Å². The summed E-state index contributed by atoms with van der Waals surface area (Å²) in [6, 6.07) is 7.21. The third-order valence-electron chi connectivity index (χ3n) is 4.75. The van der Waals surface area contributed by atoms with Crippen LogP contribution in [0.3, 0.4) is 0 Å². The predicted molar refractivity (Wildman–Crippen MR) is 83.4 cm³/mol. The van der Waals surface area contributed by atoms with E-state index in [0.717, 1.165) is 19.0 Å². The summed E-state index contributed by atoms with van der Waals surface area (Å²) < 4.78 is 13.1. The minimum absolute atomic E-state index is 0.127. The van der Waals surface area contributed by atoms with E-state index in [4.69, 9.17) is 0 Å². The van der Waals surface area contributed by atoms with Crippen molar-refractivity contribution in [3.05, 3.63) is 35.6 Å². The SMILES string of the molecule is CCCC1CCC(CNCC)C(c2ccc(F)cc2)C1. The standard InChI is InChI=1S/C18H28FN/c1-3-5-14-6-7-16(13-20-4-2)18(12-14)15-8-10-17(19)11-9-15/h8-11,14,16,18,20H,3-7,12-13H2,1-2H3. The zero-order valence-corrected chi connectivity index (χ0v) is 12.9. The topological polar surface area (TPSA) is 12.0 Å². The van der Waals surface area contributed by atoms with Crippen LogP contribution in [-0.2, 0) is 0 Å². The highest BCUT2D eigenvalue weighted by Crippen LogP contribution is 2.41. The minimum atomic E-state index is -0.127. The number of hydrogen-bond acceptors (Lipinski definition) is 1. The number of rotatable bonds is 6. The molecule has 1 aliphatic rings. The monoisotopic (exact) mass is 277 g/mol. The van der Waals surface area contributed by atoms with Crippen molar-refractivity contribution in [1.29, 1.82) is 0 Å². The molecular weight excluding hydrogens is 249 g/mol. The molecule has 0 radical (unpaired) electrons.